The minimum absolute atomic E-state index is 0.858. The van der Waals surface area contributed by atoms with Gasteiger partial charge in [0.2, 0.25) is 0 Å². The van der Waals surface area contributed by atoms with Gasteiger partial charge in [-0.2, -0.15) is 0 Å². The molecule has 14 aromatic rings. The van der Waals surface area contributed by atoms with Crippen LogP contribution in [0.2, 0.25) is 0 Å². The zero-order valence-electron chi connectivity index (χ0n) is 34.6. The molecule has 4 aromatic heterocycles. The summed E-state index contributed by atoms with van der Waals surface area (Å²) in [4.78, 5) is 0. The third-order valence-corrected chi connectivity index (χ3v) is 13.4. The minimum atomic E-state index is 0.858. The number of rotatable bonds is 5. The van der Waals surface area contributed by atoms with E-state index in [-0.39, 0.29) is 0 Å². The maximum absolute atomic E-state index is 7.01. The van der Waals surface area contributed by atoms with Crippen molar-refractivity contribution < 1.29 is 4.42 Å². The smallest absolute Gasteiger partial charge is 0.143 e. The summed E-state index contributed by atoms with van der Waals surface area (Å²) in [6, 6.07) is 81.4. The number of benzene rings is 10. The van der Waals surface area contributed by atoms with Gasteiger partial charge in [-0.15, -0.1) is 0 Å². The predicted octanol–water partition coefficient (Wildman–Crippen LogP) is 16.2. The molecule has 298 valence electrons. The second-order valence-corrected chi connectivity index (χ2v) is 16.9. The molecule has 0 radical (unpaired) electrons. The van der Waals surface area contributed by atoms with Crippen molar-refractivity contribution in [2.45, 2.75) is 0 Å². The zero-order chi connectivity index (χ0) is 41.9. The molecule has 0 aliphatic carbocycles. The molecule has 0 amide bonds. The molecular weight excluding hydrogens is 779 g/mol. The van der Waals surface area contributed by atoms with E-state index in [1.807, 2.05) is 0 Å². The van der Waals surface area contributed by atoms with Crippen molar-refractivity contribution in [3.63, 3.8) is 0 Å². The van der Waals surface area contributed by atoms with Crippen LogP contribution >= 0.6 is 0 Å². The van der Waals surface area contributed by atoms with Crippen molar-refractivity contribution in [2.24, 2.45) is 0 Å². The Morgan fingerprint density at radius 2 is 0.719 bits per heavy atom. The summed E-state index contributed by atoms with van der Waals surface area (Å²) in [5.74, 6) is 0. The van der Waals surface area contributed by atoms with Crippen LogP contribution in [0, 0.1) is 0 Å². The summed E-state index contributed by atoms with van der Waals surface area (Å²) in [5, 5.41) is 9.58. The molecule has 0 fully saturated rings. The average Bonchev–Trinajstić information content (AvgIpc) is 4.10. The van der Waals surface area contributed by atoms with Crippen molar-refractivity contribution in [1.82, 2.24) is 13.7 Å². The topological polar surface area (TPSA) is 27.9 Å². The highest BCUT2D eigenvalue weighted by molar-refractivity contribution is 6.15. The lowest BCUT2D eigenvalue weighted by Crippen LogP contribution is -1.95. The molecule has 0 aliphatic rings. The maximum Gasteiger partial charge on any atom is 0.143 e. The summed E-state index contributed by atoms with van der Waals surface area (Å²) in [6.07, 6.45) is 0. The quantitative estimate of drug-likeness (QED) is 0.170. The number of nitrogens with zero attached hydrogens (tertiary/aromatic N) is 3. The van der Waals surface area contributed by atoms with Gasteiger partial charge < -0.3 is 18.1 Å². The molecular formula is C60H37N3O. The van der Waals surface area contributed by atoms with E-state index < -0.39 is 0 Å². The molecule has 0 saturated heterocycles. The first-order chi connectivity index (χ1) is 31.7. The van der Waals surface area contributed by atoms with Crippen LogP contribution in [0.15, 0.2) is 229 Å². The van der Waals surface area contributed by atoms with Gasteiger partial charge in [0.05, 0.1) is 33.1 Å². The number of fused-ring (bicyclic) bond motifs is 12. The molecule has 0 unspecified atom stereocenters. The summed E-state index contributed by atoms with van der Waals surface area (Å²) in [7, 11) is 0. The first-order valence-electron chi connectivity index (χ1n) is 21.9. The van der Waals surface area contributed by atoms with E-state index in [0.29, 0.717) is 0 Å². The predicted molar refractivity (Wildman–Crippen MR) is 268 cm³/mol. The largest absolute Gasteiger partial charge is 0.455 e. The van der Waals surface area contributed by atoms with Crippen LogP contribution in [-0.2, 0) is 0 Å². The third-order valence-electron chi connectivity index (χ3n) is 13.4. The van der Waals surface area contributed by atoms with E-state index in [9.17, 15) is 0 Å². The highest BCUT2D eigenvalue weighted by Crippen LogP contribution is 2.43. The Morgan fingerprint density at radius 1 is 0.250 bits per heavy atom. The van der Waals surface area contributed by atoms with Crippen molar-refractivity contribution in [1.29, 1.82) is 0 Å². The Bertz CT molecular complexity index is 4090. The van der Waals surface area contributed by atoms with Gasteiger partial charge >= 0.3 is 0 Å². The monoisotopic (exact) mass is 815 g/mol. The van der Waals surface area contributed by atoms with Gasteiger partial charge in [0.1, 0.15) is 11.2 Å². The fraction of sp³-hybridized carbons (Fsp3) is 0. The normalized spacial score (nSPS) is 12.1. The Morgan fingerprint density at radius 3 is 1.33 bits per heavy atom. The molecule has 4 nitrogen and oxygen atoms in total. The standard InChI is InChI=1S/C60H37N3O/c1-2-17-41(18-3-1)61-57-28-13-8-23-48(57)50-34-39(29-31-58(50)61)38-15-14-16-40(33-38)49-36-43(63-55-26-11-6-21-46(55)47-22-7-12-27-56(47)63)37-52-51-35-42(30-32-59(51)64-60(49)52)62-53-24-9-4-19-44(53)45-20-5-10-25-54(45)62/h1-37H. The number of hydrogen-bond acceptors (Lipinski definition) is 1. The lowest BCUT2D eigenvalue weighted by molar-refractivity contribution is 0.670. The molecule has 0 bridgehead atoms. The summed E-state index contributed by atoms with van der Waals surface area (Å²) >= 11 is 0. The maximum atomic E-state index is 7.01. The first kappa shape index (κ1) is 35.0. The van der Waals surface area contributed by atoms with Crippen LogP contribution in [0.25, 0.3) is 127 Å². The molecule has 0 spiro atoms. The Balaban J connectivity index is 1.01. The van der Waals surface area contributed by atoms with E-state index in [1.165, 1.54) is 71.0 Å². The van der Waals surface area contributed by atoms with Gasteiger partial charge in [-0.25, -0.2) is 0 Å². The van der Waals surface area contributed by atoms with E-state index >= 15 is 0 Å². The van der Waals surface area contributed by atoms with E-state index in [1.54, 1.807) is 0 Å². The molecule has 0 atom stereocenters. The molecule has 10 aromatic carbocycles. The summed E-state index contributed by atoms with van der Waals surface area (Å²) < 4.78 is 14.2. The molecule has 4 heteroatoms. The Hall–Kier alpha value is -8.60. The summed E-state index contributed by atoms with van der Waals surface area (Å²) in [6.45, 7) is 0. The second-order valence-electron chi connectivity index (χ2n) is 16.9. The average molecular weight is 816 g/mol. The highest BCUT2D eigenvalue weighted by Gasteiger charge is 2.21. The Labute approximate surface area is 367 Å². The molecule has 4 heterocycles. The fourth-order valence-electron chi connectivity index (χ4n) is 10.6. The van der Waals surface area contributed by atoms with E-state index in [2.05, 4.69) is 238 Å². The van der Waals surface area contributed by atoms with Crippen LogP contribution in [0.3, 0.4) is 0 Å². The van der Waals surface area contributed by atoms with E-state index in [0.717, 1.165) is 55.7 Å². The van der Waals surface area contributed by atoms with Crippen molar-refractivity contribution >= 4 is 87.4 Å². The van der Waals surface area contributed by atoms with E-state index in [4.69, 9.17) is 4.42 Å². The van der Waals surface area contributed by atoms with Crippen LogP contribution in [0.1, 0.15) is 0 Å². The van der Waals surface area contributed by atoms with Crippen molar-refractivity contribution in [2.75, 3.05) is 0 Å². The van der Waals surface area contributed by atoms with Gasteiger partial charge in [0, 0.05) is 65.7 Å². The zero-order valence-corrected chi connectivity index (χ0v) is 34.6. The van der Waals surface area contributed by atoms with Crippen molar-refractivity contribution in [3.05, 3.63) is 224 Å². The second kappa shape index (κ2) is 13.4. The first-order valence-corrected chi connectivity index (χ1v) is 21.9. The van der Waals surface area contributed by atoms with Crippen LogP contribution in [0.5, 0.6) is 0 Å². The molecule has 0 saturated carbocycles. The van der Waals surface area contributed by atoms with Gasteiger partial charge in [-0.05, 0) is 108 Å². The van der Waals surface area contributed by atoms with Gasteiger partial charge in [0.15, 0.2) is 0 Å². The number of aromatic nitrogens is 3. The van der Waals surface area contributed by atoms with Gasteiger partial charge in [-0.3, -0.25) is 0 Å². The number of furan rings is 1. The lowest BCUT2D eigenvalue weighted by Gasteiger charge is -2.13. The van der Waals surface area contributed by atoms with Gasteiger partial charge in [0.25, 0.3) is 0 Å². The van der Waals surface area contributed by atoms with Gasteiger partial charge in [-0.1, -0.05) is 133 Å². The highest BCUT2D eigenvalue weighted by atomic mass is 16.3. The Kier molecular flexibility index (Phi) is 7.36. The third kappa shape index (κ3) is 5.05. The van der Waals surface area contributed by atoms with Crippen LogP contribution < -0.4 is 0 Å². The lowest BCUT2D eigenvalue weighted by atomic mass is 9.96. The number of hydrogen-bond donors (Lipinski definition) is 0. The molecule has 0 aliphatic heterocycles. The fourth-order valence-corrected chi connectivity index (χ4v) is 10.6. The summed E-state index contributed by atoms with van der Waals surface area (Å²) in [5.41, 5.74) is 16.6. The SMILES string of the molecule is c1ccc(-n2c3ccccc3c3cc(-c4cccc(-c5cc(-n6c7ccccc7c7ccccc76)cc6c5oc5ccc(-n7c8ccccc8c8ccccc87)cc56)c4)ccc32)cc1. The molecule has 0 N–H and O–H groups in total. The molecule has 64 heavy (non-hydrogen) atoms. The molecule has 14 rings (SSSR count). The number of para-hydroxylation sites is 6. The van der Waals surface area contributed by atoms with Crippen LogP contribution in [-0.4, -0.2) is 13.7 Å². The minimum Gasteiger partial charge on any atom is -0.455 e. The van der Waals surface area contributed by atoms with Crippen molar-refractivity contribution in [3.8, 4) is 39.3 Å². The van der Waals surface area contributed by atoms with Crippen LogP contribution in [0.4, 0.5) is 0 Å².